The fourth-order valence-corrected chi connectivity index (χ4v) is 4.71. The fourth-order valence-electron chi connectivity index (χ4n) is 4.71. The highest BCUT2D eigenvalue weighted by atomic mass is 16.5. The van der Waals surface area contributed by atoms with Crippen LogP contribution in [-0.4, -0.2) is 64.5 Å². The number of ether oxygens (including phenoxy) is 1. The minimum absolute atomic E-state index is 0.0290. The number of nitrogens with two attached hydrogens (primary N) is 1. The molecule has 3 rings (SSSR count). The van der Waals surface area contributed by atoms with Gasteiger partial charge < -0.3 is 25.6 Å². The summed E-state index contributed by atoms with van der Waals surface area (Å²) < 4.78 is 5.44. The number of hydrogen-bond donors (Lipinski definition) is 2. The normalized spacial score (nSPS) is 17.4. The van der Waals surface area contributed by atoms with Gasteiger partial charge in [-0.25, -0.2) is 0 Å². The number of fused-ring (bicyclic) bond motifs is 1. The zero-order chi connectivity index (χ0) is 25.0. The van der Waals surface area contributed by atoms with E-state index < -0.39 is 11.7 Å². The van der Waals surface area contributed by atoms with Gasteiger partial charge in [-0.2, -0.15) is 0 Å². The number of carbonyl (C=O) groups is 2. The molecule has 2 aromatic rings. The highest BCUT2D eigenvalue weighted by Crippen LogP contribution is 2.30. The molecule has 8 heteroatoms. The van der Waals surface area contributed by atoms with Gasteiger partial charge in [-0.1, -0.05) is 19.9 Å². The van der Waals surface area contributed by atoms with Crippen LogP contribution >= 0.6 is 0 Å². The lowest BCUT2D eigenvalue weighted by Gasteiger charge is -2.39. The van der Waals surface area contributed by atoms with E-state index in [0.29, 0.717) is 18.9 Å². The highest BCUT2D eigenvalue weighted by Gasteiger charge is 2.47. The number of rotatable bonds is 10. The van der Waals surface area contributed by atoms with Gasteiger partial charge in [0, 0.05) is 30.2 Å². The monoisotopic (exact) mass is 469 g/mol. The molecule has 0 radical (unpaired) electrons. The predicted molar refractivity (Wildman–Crippen MR) is 136 cm³/mol. The third kappa shape index (κ3) is 5.60. The van der Waals surface area contributed by atoms with Crippen molar-refractivity contribution in [2.45, 2.75) is 71.6 Å². The van der Waals surface area contributed by atoms with Crippen LogP contribution < -0.4 is 15.8 Å². The summed E-state index contributed by atoms with van der Waals surface area (Å²) in [4.78, 5) is 33.7. The maximum Gasteiger partial charge on any atom is 0.244 e. The molecule has 34 heavy (non-hydrogen) atoms. The van der Waals surface area contributed by atoms with Crippen molar-refractivity contribution in [2.24, 2.45) is 11.7 Å². The quantitative estimate of drug-likeness (QED) is 0.551. The average molecular weight is 470 g/mol. The van der Waals surface area contributed by atoms with Crippen molar-refractivity contribution in [3.05, 3.63) is 30.5 Å². The van der Waals surface area contributed by atoms with Crippen LogP contribution in [0.15, 0.2) is 30.5 Å². The Labute approximate surface area is 202 Å². The molecule has 1 aliphatic heterocycles. The van der Waals surface area contributed by atoms with Crippen LogP contribution in [-0.2, 0) is 9.59 Å². The van der Waals surface area contributed by atoms with Gasteiger partial charge in [-0.05, 0) is 58.1 Å². The zero-order valence-electron chi connectivity index (χ0n) is 21.3. The Kier molecular flexibility index (Phi) is 8.02. The number of hydrogen-bond acceptors (Lipinski definition) is 6. The summed E-state index contributed by atoms with van der Waals surface area (Å²) >= 11 is 0. The van der Waals surface area contributed by atoms with E-state index in [9.17, 15) is 9.59 Å². The number of nitrogens with one attached hydrogen (secondary N) is 1. The maximum absolute atomic E-state index is 12.9. The van der Waals surface area contributed by atoms with E-state index in [4.69, 9.17) is 10.5 Å². The lowest BCUT2D eigenvalue weighted by atomic mass is 10.0. The van der Waals surface area contributed by atoms with Gasteiger partial charge in [0.2, 0.25) is 11.8 Å². The van der Waals surface area contributed by atoms with Gasteiger partial charge in [-0.3, -0.25) is 14.6 Å². The summed E-state index contributed by atoms with van der Waals surface area (Å²) in [5.74, 6) is 0.920. The van der Waals surface area contributed by atoms with Crippen molar-refractivity contribution in [1.29, 1.82) is 0 Å². The van der Waals surface area contributed by atoms with E-state index in [1.807, 2.05) is 56.9 Å². The van der Waals surface area contributed by atoms with Crippen molar-refractivity contribution < 1.29 is 14.3 Å². The maximum atomic E-state index is 12.9. The van der Waals surface area contributed by atoms with Crippen molar-refractivity contribution in [2.75, 3.05) is 25.5 Å². The Morgan fingerprint density at radius 3 is 2.71 bits per heavy atom. The molecule has 1 aromatic carbocycles. The molecule has 0 saturated carbocycles. The lowest BCUT2D eigenvalue weighted by Crippen LogP contribution is -2.55. The van der Waals surface area contributed by atoms with E-state index >= 15 is 0 Å². The van der Waals surface area contributed by atoms with E-state index in [2.05, 4.69) is 17.2 Å². The molecule has 0 bridgehead atoms. The number of methoxy groups -OCH3 is 1. The molecule has 1 unspecified atom stereocenters. The van der Waals surface area contributed by atoms with Crippen molar-refractivity contribution in [3.8, 4) is 5.75 Å². The largest absolute Gasteiger partial charge is 0.497 e. The van der Waals surface area contributed by atoms with E-state index in [-0.39, 0.29) is 24.4 Å². The van der Waals surface area contributed by atoms with Gasteiger partial charge in [0.25, 0.3) is 0 Å². The third-order valence-corrected chi connectivity index (χ3v) is 6.56. The molecule has 2 amide bonds. The smallest absolute Gasteiger partial charge is 0.244 e. The van der Waals surface area contributed by atoms with Gasteiger partial charge in [0.15, 0.2) is 0 Å². The third-order valence-electron chi connectivity index (χ3n) is 6.56. The van der Waals surface area contributed by atoms with E-state index in [0.717, 1.165) is 35.2 Å². The molecule has 1 aromatic heterocycles. The van der Waals surface area contributed by atoms with Crippen LogP contribution in [0.25, 0.3) is 10.9 Å². The standard InChI is InChI=1S/C26H39N5O3/c1-17(2)13-21(27)25(33)31-16-23(32)30(26(31,4)5)12-8-9-18(3)29-22-15-20(34-6)14-19-10-7-11-28-24(19)22/h7,10-11,14-15,17-18,21,29H,8-9,12-13,16,27H2,1-6H3/t18?,21-/m0/s1. The number of carbonyl (C=O) groups excluding carboxylic acids is 2. The molecule has 186 valence electrons. The Hall–Kier alpha value is -2.87. The summed E-state index contributed by atoms with van der Waals surface area (Å²) in [5, 5.41) is 4.57. The van der Waals surface area contributed by atoms with Crippen LogP contribution in [0.5, 0.6) is 5.75 Å². The Bertz CT molecular complexity index is 1020. The van der Waals surface area contributed by atoms with E-state index in [1.165, 1.54) is 0 Å². The molecule has 8 nitrogen and oxygen atoms in total. The second-order valence-electron chi connectivity index (χ2n) is 10.1. The molecule has 0 aliphatic carbocycles. The van der Waals surface area contributed by atoms with Crippen LogP contribution in [0.2, 0.25) is 0 Å². The summed E-state index contributed by atoms with van der Waals surface area (Å²) in [5.41, 5.74) is 7.28. The number of aromatic nitrogens is 1. The number of pyridine rings is 1. The zero-order valence-corrected chi connectivity index (χ0v) is 21.3. The van der Waals surface area contributed by atoms with Crippen molar-refractivity contribution in [1.82, 2.24) is 14.8 Å². The Balaban J connectivity index is 1.60. The average Bonchev–Trinajstić information content (AvgIpc) is 3.01. The molecule has 1 aliphatic rings. The van der Waals surface area contributed by atoms with Crippen LogP contribution in [0.3, 0.4) is 0 Å². The minimum Gasteiger partial charge on any atom is -0.497 e. The van der Waals surface area contributed by atoms with Gasteiger partial charge in [0.1, 0.15) is 18.0 Å². The number of nitrogens with zero attached hydrogens (tertiary/aromatic N) is 3. The van der Waals surface area contributed by atoms with Crippen LogP contribution in [0.4, 0.5) is 5.69 Å². The number of benzene rings is 1. The first-order valence-corrected chi connectivity index (χ1v) is 12.1. The molecule has 1 fully saturated rings. The van der Waals surface area contributed by atoms with Gasteiger partial charge >= 0.3 is 0 Å². The SMILES string of the molecule is COc1cc(NC(C)CCCN2C(=O)CN(C(=O)[C@@H](N)CC(C)C)C2(C)C)c2ncccc2c1. The second kappa shape index (κ2) is 10.6. The number of anilines is 1. The van der Waals surface area contributed by atoms with E-state index in [1.54, 1.807) is 18.2 Å². The van der Waals surface area contributed by atoms with Crippen molar-refractivity contribution in [3.63, 3.8) is 0 Å². The summed E-state index contributed by atoms with van der Waals surface area (Å²) in [6.45, 7) is 10.7. The Morgan fingerprint density at radius 1 is 1.29 bits per heavy atom. The summed E-state index contributed by atoms with van der Waals surface area (Å²) in [7, 11) is 1.66. The predicted octanol–water partition coefficient (Wildman–Crippen LogP) is 3.60. The molecule has 1 saturated heterocycles. The van der Waals surface area contributed by atoms with Gasteiger partial charge in [0.05, 0.1) is 24.4 Å². The fraction of sp³-hybridized carbons (Fsp3) is 0.577. The molecule has 2 atom stereocenters. The molecule has 2 heterocycles. The first-order valence-electron chi connectivity index (χ1n) is 12.1. The molecular weight excluding hydrogens is 430 g/mol. The molecule has 0 spiro atoms. The summed E-state index contributed by atoms with van der Waals surface area (Å²) in [6.07, 6.45) is 4.05. The van der Waals surface area contributed by atoms with Gasteiger partial charge in [-0.15, -0.1) is 0 Å². The lowest BCUT2D eigenvalue weighted by molar-refractivity contribution is -0.139. The first-order chi connectivity index (χ1) is 16.0. The van der Waals surface area contributed by atoms with Crippen LogP contribution in [0, 0.1) is 5.92 Å². The number of amides is 2. The molecule has 3 N–H and O–H groups in total. The van der Waals surface area contributed by atoms with Crippen molar-refractivity contribution >= 4 is 28.4 Å². The highest BCUT2D eigenvalue weighted by molar-refractivity contribution is 5.92. The minimum atomic E-state index is -0.688. The van der Waals surface area contributed by atoms with Crippen LogP contribution in [0.1, 0.15) is 53.9 Å². The first kappa shape index (κ1) is 25.7. The molecular formula is C26H39N5O3. The topological polar surface area (TPSA) is 101 Å². The second-order valence-corrected chi connectivity index (χ2v) is 10.1. The summed E-state index contributed by atoms with van der Waals surface area (Å²) in [6, 6.07) is 7.44. The Morgan fingerprint density at radius 2 is 2.03 bits per heavy atom.